The zero-order valence-corrected chi connectivity index (χ0v) is 13.1. The van der Waals surface area contributed by atoms with Crippen molar-refractivity contribution in [2.24, 2.45) is 5.92 Å². The highest BCUT2D eigenvalue weighted by molar-refractivity contribution is 7.97. The molecule has 1 unspecified atom stereocenters. The summed E-state index contributed by atoms with van der Waals surface area (Å²) >= 11 is 1.61. The van der Waals surface area contributed by atoms with E-state index in [9.17, 15) is 9.59 Å². The molecule has 0 radical (unpaired) electrons. The quantitative estimate of drug-likeness (QED) is 0.783. The number of hydrogen-bond donors (Lipinski definition) is 1. The third-order valence-electron chi connectivity index (χ3n) is 2.67. The number of amides is 1. The number of rotatable bonds is 7. The van der Waals surface area contributed by atoms with Crippen molar-refractivity contribution in [3.63, 3.8) is 0 Å². The van der Waals surface area contributed by atoms with E-state index in [2.05, 4.69) is 5.32 Å². The smallest absolute Gasteiger partial charge is 0.328 e. The molecule has 0 aliphatic carbocycles. The van der Waals surface area contributed by atoms with E-state index in [0.717, 1.165) is 5.76 Å². The SMILES string of the molecule is COC(=O)C(CC(C)C)NC(=O)c1ccc(CSC)o1. The molecule has 1 atom stereocenters. The van der Waals surface area contributed by atoms with Gasteiger partial charge in [0.05, 0.1) is 12.9 Å². The van der Waals surface area contributed by atoms with Gasteiger partial charge in [0.2, 0.25) is 0 Å². The van der Waals surface area contributed by atoms with Crippen LogP contribution in [0.25, 0.3) is 0 Å². The van der Waals surface area contributed by atoms with Crippen LogP contribution in [0.2, 0.25) is 0 Å². The largest absolute Gasteiger partial charge is 0.467 e. The number of carbonyl (C=O) groups excluding carboxylic acids is 2. The first-order valence-corrected chi connectivity index (χ1v) is 7.83. The Morgan fingerprint density at radius 2 is 2.10 bits per heavy atom. The molecule has 1 rings (SSSR count). The van der Waals surface area contributed by atoms with Gasteiger partial charge in [-0.2, -0.15) is 11.8 Å². The first-order chi connectivity index (χ1) is 9.47. The predicted octanol–water partition coefficient (Wildman–Crippen LogP) is 2.46. The summed E-state index contributed by atoms with van der Waals surface area (Å²) < 4.78 is 10.1. The lowest BCUT2D eigenvalue weighted by atomic mass is 10.0. The van der Waals surface area contributed by atoms with Crippen LogP contribution in [0.1, 0.15) is 36.6 Å². The number of furan rings is 1. The summed E-state index contributed by atoms with van der Waals surface area (Å²) in [5.74, 6) is 1.09. The lowest BCUT2D eigenvalue weighted by Crippen LogP contribution is -2.42. The van der Waals surface area contributed by atoms with Crippen molar-refractivity contribution in [3.8, 4) is 0 Å². The zero-order valence-electron chi connectivity index (χ0n) is 12.3. The fourth-order valence-corrected chi connectivity index (χ4v) is 2.22. The fourth-order valence-electron chi connectivity index (χ4n) is 1.78. The number of methoxy groups -OCH3 is 1. The van der Waals surface area contributed by atoms with E-state index in [1.54, 1.807) is 23.9 Å². The van der Waals surface area contributed by atoms with Crippen LogP contribution in [0.15, 0.2) is 16.5 Å². The van der Waals surface area contributed by atoms with Crippen LogP contribution in [-0.4, -0.2) is 31.3 Å². The summed E-state index contributed by atoms with van der Waals surface area (Å²) in [4.78, 5) is 23.7. The van der Waals surface area contributed by atoms with E-state index < -0.39 is 17.9 Å². The standard InChI is InChI=1S/C14H21NO4S/c1-9(2)7-11(14(17)18-3)15-13(16)12-6-5-10(19-12)8-20-4/h5-6,9,11H,7-8H2,1-4H3,(H,15,16). The van der Waals surface area contributed by atoms with Crippen LogP contribution in [0, 0.1) is 5.92 Å². The van der Waals surface area contributed by atoms with Crippen molar-refractivity contribution in [1.82, 2.24) is 5.32 Å². The molecule has 20 heavy (non-hydrogen) atoms. The Labute approximate surface area is 123 Å². The molecular weight excluding hydrogens is 278 g/mol. The van der Waals surface area contributed by atoms with Gasteiger partial charge in [-0.05, 0) is 30.7 Å². The van der Waals surface area contributed by atoms with Crippen LogP contribution >= 0.6 is 11.8 Å². The summed E-state index contributed by atoms with van der Waals surface area (Å²) in [5.41, 5.74) is 0. The topological polar surface area (TPSA) is 68.5 Å². The molecule has 0 spiro atoms. The zero-order chi connectivity index (χ0) is 15.1. The number of carbonyl (C=O) groups is 2. The predicted molar refractivity (Wildman–Crippen MR) is 78.7 cm³/mol. The second-order valence-electron chi connectivity index (χ2n) is 4.88. The number of thioether (sulfide) groups is 1. The summed E-state index contributed by atoms with van der Waals surface area (Å²) in [6.07, 6.45) is 2.48. The molecule has 1 heterocycles. The normalized spacial score (nSPS) is 12.2. The number of hydrogen-bond acceptors (Lipinski definition) is 5. The third-order valence-corrected chi connectivity index (χ3v) is 3.24. The van der Waals surface area contributed by atoms with Crippen molar-refractivity contribution in [2.45, 2.75) is 32.1 Å². The molecule has 1 N–H and O–H groups in total. The van der Waals surface area contributed by atoms with Crippen molar-refractivity contribution < 1.29 is 18.7 Å². The molecule has 1 amide bonds. The molecule has 1 aromatic rings. The van der Waals surface area contributed by atoms with Gasteiger partial charge in [0, 0.05) is 0 Å². The van der Waals surface area contributed by atoms with E-state index in [1.807, 2.05) is 20.1 Å². The highest BCUT2D eigenvalue weighted by atomic mass is 32.2. The highest BCUT2D eigenvalue weighted by Crippen LogP contribution is 2.14. The minimum Gasteiger partial charge on any atom is -0.467 e. The van der Waals surface area contributed by atoms with Gasteiger partial charge in [-0.15, -0.1) is 0 Å². The second kappa shape index (κ2) is 7.99. The lowest BCUT2D eigenvalue weighted by molar-refractivity contribution is -0.143. The Hall–Kier alpha value is -1.43. The molecule has 0 aliphatic heterocycles. The highest BCUT2D eigenvalue weighted by Gasteiger charge is 2.24. The Morgan fingerprint density at radius 1 is 1.40 bits per heavy atom. The first kappa shape index (κ1) is 16.6. The lowest BCUT2D eigenvalue weighted by Gasteiger charge is -2.17. The van der Waals surface area contributed by atoms with Gasteiger partial charge >= 0.3 is 5.97 Å². The van der Waals surface area contributed by atoms with Crippen LogP contribution < -0.4 is 5.32 Å². The molecule has 0 fully saturated rings. The maximum atomic E-state index is 12.1. The summed E-state index contributed by atoms with van der Waals surface area (Å²) in [5, 5.41) is 2.66. The van der Waals surface area contributed by atoms with E-state index in [-0.39, 0.29) is 11.7 Å². The van der Waals surface area contributed by atoms with E-state index in [4.69, 9.17) is 9.15 Å². The summed E-state index contributed by atoms with van der Waals surface area (Å²) in [6, 6.07) is 2.73. The van der Waals surface area contributed by atoms with Crippen molar-refractivity contribution in [3.05, 3.63) is 23.7 Å². The molecule has 5 nitrogen and oxygen atoms in total. The number of ether oxygens (including phenoxy) is 1. The van der Waals surface area contributed by atoms with Crippen molar-refractivity contribution >= 4 is 23.6 Å². The van der Waals surface area contributed by atoms with Crippen molar-refractivity contribution in [2.75, 3.05) is 13.4 Å². The Bertz CT molecular complexity index is 456. The average Bonchev–Trinajstić information content (AvgIpc) is 2.85. The Morgan fingerprint density at radius 3 is 2.65 bits per heavy atom. The Kier molecular flexibility index (Phi) is 6.64. The first-order valence-electron chi connectivity index (χ1n) is 6.44. The maximum absolute atomic E-state index is 12.1. The summed E-state index contributed by atoms with van der Waals surface area (Å²) in [7, 11) is 1.31. The molecule has 0 bridgehead atoms. The molecule has 6 heteroatoms. The van der Waals surface area contributed by atoms with Crippen LogP contribution in [0.4, 0.5) is 0 Å². The minimum absolute atomic E-state index is 0.215. The minimum atomic E-state index is -0.651. The second-order valence-corrected chi connectivity index (χ2v) is 5.74. The molecule has 0 saturated heterocycles. The van der Waals surface area contributed by atoms with Gasteiger partial charge < -0.3 is 14.5 Å². The van der Waals surface area contributed by atoms with Gasteiger partial charge in [0.25, 0.3) is 5.91 Å². The molecule has 1 aromatic heterocycles. The van der Waals surface area contributed by atoms with Crippen LogP contribution in [0.3, 0.4) is 0 Å². The van der Waals surface area contributed by atoms with Gasteiger partial charge in [-0.25, -0.2) is 4.79 Å². The number of esters is 1. The number of nitrogens with one attached hydrogen (secondary N) is 1. The average molecular weight is 299 g/mol. The van der Waals surface area contributed by atoms with Crippen LogP contribution in [0.5, 0.6) is 0 Å². The van der Waals surface area contributed by atoms with Gasteiger partial charge in [0.1, 0.15) is 11.8 Å². The van der Waals surface area contributed by atoms with E-state index in [1.165, 1.54) is 7.11 Å². The molecule has 112 valence electrons. The van der Waals surface area contributed by atoms with E-state index >= 15 is 0 Å². The molecule has 0 aromatic carbocycles. The third kappa shape index (κ3) is 4.92. The Balaban J connectivity index is 2.71. The summed E-state index contributed by atoms with van der Waals surface area (Å²) in [6.45, 7) is 3.96. The van der Waals surface area contributed by atoms with Gasteiger partial charge in [0.15, 0.2) is 5.76 Å². The monoisotopic (exact) mass is 299 g/mol. The molecular formula is C14H21NO4S. The molecule has 0 saturated carbocycles. The van der Waals surface area contributed by atoms with E-state index in [0.29, 0.717) is 12.2 Å². The van der Waals surface area contributed by atoms with Crippen LogP contribution in [-0.2, 0) is 15.3 Å². The maximum Gasteiger partial charge on any atom is 0.328 e. The van der Waals surface area contributed by atoms with Gasteiger partial charge in [-0.3, -0.25) is 4.79 Å². The molecule has 0 aliphatic rings. The van der Waals surface area contributed by atoms with Gasteiger partial charge in [-0.1, -0.05) is 13.8 Å². The fraction of sp³-hybridized carbons (Fsp3) is 0.571. The van der Waals surface area contributed by atoms with Crippen molar-refractivity contribution in [1.29, 1.82) is 0 Å².